The van der Waals surface area contributed by atoms with Crippen LogP contribution in [-0.2, 0) is 10.0 Å². The molecule has 1 aliphatic rings. The fraction of sp³-hybridized carbons (Fsp3) is 0.350. The number of carbonyl (C=O) groups is 1. The van der Waals surface area contributed by atoms with Crippen molar-refractivity contribution in [3.05, 3.63) is 58.1 Å². The Morgan fingerprint density at radius 2 is 2.03 bits per heavy atom. The van der Waals surface area contributed by atoms with Crippen molar-refractivity contribution < 1.29 is 22.9 Å². The number of nitrogens with one attached hydrogen (secondary N) is 1. The highest BCUT2D eigenvalue weighted by Crippen LogP contribution is 2.31. The summed E-state index contributed by atoms with van der Waals surface area (Å²) in [6.45, 7) is 3.36. The highest BCUT2D eigenvalue weighted by molar-refractivity contribution is 7.92. The van der Waals surface area contributed by atoms with Gasteiger partial charge >= 0.3 is 0 Å². The topological polar surface area (TPSA) is 119 Å². The summed E-state index contributed by atoms with van der Waals surface area (Å²) in [7, 11) is -2.78. The van der Waals surface area contributed by atoms with Gasteiger partial charge in [-0.2, -0.15) is 0 Å². The van der Waals surface area contributed by atoms with E-state index in [0.717, 1.165) is 18.9 Å². The number of hydrogen-bond acceptors (Lipinski definition) is 6. The van der Waals surface area contributed by atoms with Gasteiger partial charge in [0.2, 0.25) is 0 Å². The third-order valence-electron chi connectivity index (χ3n) is 4.97. The molecular weight excluding hydrogens is 410 g/mol. The van der Waals surface area contributed by atoms with E-state index in [9.17, 15) is 23.3 Å². The number of rotatable bonds is 6. The maximum Gasteiger partial charge on any atom is 0.271 e. The lowest BCUT2D eigenvalue weighted by molar-refractivity contribution is -0.384. The summed E-state index contributed by atoms with van der Waals surface area (Å²) in [5, 5.41) is 11.0. The summed E-state index contributed by atoms with van der Waals surface area (Å²) < 4.78 is 33.2. The molecule has 10 heteroatoms. The maximum atomic E-state index is 12.9. The Hall–Kier alpha value is -3.14. The van der Waals surface area contributed by atoms with E-state index in [4.69, 9.17) is 4.74 Å². The molecule has 2 aromatic carbocycles. The van der Waals surface area contributed by atoms with Crippen molar-refractivity contribution in [2.45, 2.75) is 24.7 Å². The number of sulfonamides is 1. The van der Waals surface area contributed by atoms with Gasteiger partial charge in [-0.05, 0) is 43.0 Å². The molecule has 30 heavy (non-hydrogen) atoms. The molecule has 3 rings (SSSR count). The van der Waals surface area contributed by atoms with Gasteiger partial charge in [0.05, 0.1) is 22.6 Å². The summed E-state index contributed by atoms with van der Waals surface area (Å²) in [5.41, 5.74) is -0.0667. The standard InChI is InChI=1S/C20H23N3O6S/c1-14-5-4-10-22(13-14)20(24)15-6-3-7-17(11-15)30(27,28)21-18-12-16(23(25)26)8-9-19(18)29-2/h3,6-9,11-12,14,21H,4-5,10,13H2,1-2H3/t14-/m0/s1. The summed E-state index contributed by atoms with van der Waals surface area (Å²) >= 11 is 0. The Morgan fingerprint density at radius 1 is 1.27 bits per heavy atom. The number of amides is 1. The van der Waals surface area contributed by atoms with E-state index >= 15 is 0 Å². The number of ether oxygens (including phenoxy) is 1. The molecule has 1 heterocycles. The normalized spacial score (nSPS) is 16.7. The molecule has 160 valence electrons. The predicted octanol–water partition coefficient (Wildman–Crippen LogP) is 3.28. The first kappa shape index (κ1) is 21.6. The molecule has 1 atom stereocenters. The molecule has 0 aliphatic carbocycles. The lowest BCUT2D eigenvalue weighted by Gasteiger charge is -2.31. The van der Waals surface area contributed by atoms with Gasteiger partial charge in [0, 0.05) is 30.8 Å². The second-order valence-electron chi connectivity index (χ2n) is 7.27. The Labute approximate surface area is 174 Å². The fourth-order valence-electron chi connectivity index (χ4n) is 3.45. The summed E-state index contributed by atoms with van der Waals surface area (Å²) in [5.74, 6) is 0.322. The first-order chi connectivity index (χ1) is 14.2. The van der Waals surface area contributed by atoms with Crippen LogP contribution < -0.4 is 9.46 Å². The molecule has 1 saturated heterocycles. The van der Waals surface area contributed by atoms with E-state index in [2.05, 4.69) is 11.6 Å². The van der Waals surface area contributed by atoms with Crippen molar-refractivity contribution in [2.75, 3.05) is 24.9 Å². The second kappa shape index (κ2) is 8.70. The van der Waals surface area contributed by atoms with Crippen molar-refractivity contribution in [1.82, 2.24) is 4.90 Å². The van der Waals surface area contributed by atoms with Gasteiger partial charge in [-0.3, -0.25) is 19.6 Å². The SMILES string of the molecule is COc1ccc([N+](=O)[O-])cc1NS(=O)(=O)c1cccc(C(=O)N2CCC[C@H](C)C2)c1. The number of nitro groups is 1. The molecule has 1 aliphatic heterocycles. The Morgan fingerprint density at radius 3 is 2.70 bits per heavy atom. The fourth-order valence-corrected chi connectivity index (χ4v) is 4.55. The lowest BCUT2D eigenvalue weighted by Crippen LogP contribution is -2.39. The molecule has 0 aromatic heterocycles. The van der Waals surface area contributed by atoms with E-state index in [1.54, 1.807) is 11.0 Å². The zero-order valence-corrected chi connectivity index (χ0v) is 17.5. The van der Waals surface area contributed by atoms with Crippen LogP contribution >= 0.6 is 0 Å². The van der Waals surface area contributed by atoms with Crippen LogP contribution in [0, 0.1) is 16.0 Å². The average molecular weight is 433 g/mol. The Bertz CT molecular complexity index is 1070. The number of carbonyl (C=O) groups excluding carboxylic acids is 1. The molecule has 0 bridgehead atoms. The number of nitro benzene ring substituents is 1. The smallest absolute Gasteiger partial charge is 0.271 e. The number of nitrogens with zero attached hydrogens (tertiary/aromatic N) is 2. The minimum absolute atomic E-state index is 0.0618. The zero-order valence-electron chi connectivity index (χ0n) is 16.7. The molecule has 9 nitrogen and oxygen atoms in total. The third-order valence-corrected chi connectivity index (χ3v) is 6.34. The average Bonchev–Trinajstić information content (AvgIpc) is 2.73. The van der Waals surface area contributed by atoms with Crippen LogP contribution in [0.1, 0.15) is 30.1 Å². The molecule has 1 fully saturated rings. The maximum absolute atomic E-state index is 12.9. The Kier molecular flexibility index (Phi) is 6.25. The number of anilines is 1. The highest BCUT2D eigenvalue weighted by atomic mass is 32.2. The van der Waals surface area contributed by atoms with E-state index in [1.165, 1.54) is 37.4 Å². The van der Waals surface area contributed by atoms with Gasteiger partial charge in [-0.1, -0.05) is 13.0 Å². The van der Waals surface area contributed by atoms with Crippen molar-refractivity contribution >= 4 is 27.3 Å². The quantitative estimate of drug-likeness (QED) is 0.552. The first-order valence-corrected chi connectivity index (χ1v) is 10.9. The monoisotopic (exact) mass is 433 g/mol. The molecule has 0 unspecified atom stereocenters. The van der Waals surface area contributed by atoms with E-state index < -0.39 is 14.9 Å². The number of methoxy groups -OCH3 is 1. The molecule has 2 aromatic rings. The minimum Gasteiger partial charge on any atom is -0.495 e. The summed E-state index contributed by atoms with van der Waals surface area (Å²) in [6, 6.07) is 9.37. The first-order valence-electron chi connectivity index (χ1n) is 9.46. The van der Waals surface area contributed by atoms with Crippen molar-refractivity contribution in [3.63, 3.8) is 0 Å². The van der Waals surface area contributed by atoms with Crippen molar-refractivity contribution in [3.8, 4) is 5.75 Å². The van der Waals surface area contributed by atoms with Crippen molar-refractivity contribution in [1.29, 1.82) is 0 Å². The number of likely N-dealkylation sites (tertiary alicyclic amines) is 1. The van der Waals surface area contributed by atoms with Gasteiger partial charge in [-0.15, -0.1) is 0 Å². The lowest BCUT2D eigenvalue weighted by atomic mass is 9.99. The largest absolute Gasteiger partial charge is 0.495 e. The minimum atomic E-state index is -4.11. The Balaban J connectivity index is 1.89. The van der Waals surface area contributed by atoms with E-state index in [-0.39, 0.29) is 33.5 Å². The predicted molar refractivity (Wildman–Crippen MR) is 111 cm³/mol. The summed E-state index contributed by atoms with van der Waals surface area (Å²) in [4.78, 5) is 24.8. The molecule has 1 N–H and O–H groups in total. The van der Waals surface area contributed by atoms with Crippen LogP contribution in [0.3, 0.4) is 0 Å². The number of piperidine rings is 1. The van der Waals surface area contributed by atoms with Gasteiger partial charge < -0.3 is 9.64 Å². The van der Waals surface area contributed by atoms with Crippen molar-refractivity contribution in [2.24, 2.45) is 5.92 Å². The number of non-ortho nitro benzene ring substituents is 1. The van der Waals surface area contributed by atoms with E-state index in [1.807, 2.05) is 0 Å². The van der Waals surface area contributed by atoms with Crippen LogP contribution in [0.25, 0.3) is 0 Å². The molecular formula is C20H23N3O6S. The summed E-state index contributed by atoms with van der Waals surface area (Å²) in [6.07, 6.45) is 1.98. The number of benzene rings is 2. The second-order valence-corrected chi connectivity index (χ2v) is 8.96. The van der Waals surface area contributed by atoms with Crippen LogP contribution in [0.5, 0.6) is 5.75 Å². The zero-order chi connectivity index (χ0) is 21.9. The van der Waals surface area contributed by atoms with Crippen LogP contribution in [-0.4, -0.2) is 44.3 Å². The third kappa shape index (κ3) is 4.70. The van der Waals surface area contributed by atoms with Gasteiger partial charge in [0.15, 0.2) is 0 Å². The highest BCUT2D eigenvalue weighted by Gasteiger charge is 2.24. The van der Waals surface area contributed by atoms with Crippen LogP contribution in [0.4, 0.5) is 11.4 Å². The van der Waals surface area contributed by atoms with Crippen LogP contribution in [0.2, 0.25) is 0 Å². The van der Waals surface area contributed by atoms with Gasteiger partial charge in [0.1, 0.15) is 5.75 Å². The molecule has 0 spiro atoms. The molecule has 1 amide bonds. The van der Waals surface area contributed by atoms with Crippen LogP contribution in [0.15, 0.2) is 47.4 Å². The number of hydrogen-bond donors (Lipinski definition) is 1. The molecule has 0 radical (unpaired) electrons. The molecule has 0 saturated carbocycles. The van der Waals surface area contributed by atoms with Gasteiger partial charge in [0.25, 0.3) is 21.6 Å². The van der Waals surface area contributed by atoms with E-state index in [0.29, 0.717) is 19.0 Å². The van der Waals surface area contributed by atoms with Gasteiger partial charge in [-0.25, -0.2) is 8.42 Å².